The van der Waals surface area contributed by atoms with Crippen LogP contribution < -0.4 is 10.6 Å². The highest BCUT2D eigenvalue weighted by Gasteiger charge is 2.30. The molecule has 1 aromatic heterocycles. The van der Waals surface area contributed by atoms with E-state index < -0.39 is 11.7 Å². The number of hydrogen-bond donors (Lipinski definition) is 2. The molecule has 0 unspecified atom stereocenters. The zero-order valence-electron chi connectivity index (χ0n) is 16.7. The maximum atomic E-state index is 12.8. The Morgan fingerprint density at radius 1 is 1.17 bits per heavy atom. The molecule has 0 fully saturated rings. The number of carbonyl (C=O) groups excluding carboxylic acids is 1. The lowest BCUT2D eigenvalue weighted by molar-refractivity contribution is -0.137. The van der Waals surface area contributed by atoms with Gasteiger partial charge in [0.2, 0.25) is 5.91 Å². The molecule has 0 saturated heterocycles. The first kappa shape index (κ1) is 25.7. The molecule has 10 heteroatoms. The van der Waals surface area contributed by atoms with Crippen LogP contribution in [0.4, 0.5) is 13.2 Å². The van der Waals surface area contributed by atoms with Crippen molar-refractivity contribution in [1.29, 1.82) is 0 Å². The number of guanidine groups is 1. The minimum Gasteiger partial charge on any atom is -0.352 e. The fourth-order valence-corrected chi connectivity index (χ4v) is 2.51. The summed E-state index contributed by atoms with van der Waals surface area (Å²) in [5.41, 5.74) is 0.657. The van der Waals surface area contributed by atoms with Gasteiger partial charge in [0, 0.05) is 45.5 Å². The summed E-state index contributed by atoms with van der Waals surface area (Å²) in [7, 11) is 3.22. The number of pyridine rings is 1. The summed E-state index contributed by atoms with van der Waals surface area (Å²) in [6, 6.07) is 10.7. The molecule has 2 N–H and O–H groups in total. The molecular formula is C20H25F3IN5O. The van der Waals surface area contributed by atoms with Crippen molar-refractivity contribution >= 4 is 35.8 Å². The first-order valence-electron chi connectivity index (χ1n) is 9.04. The molecule has 0 bridgehead atoms. The topological polar surface area (TPSA) is 69.6 Å². The highest BCUT2D eigenvalue weighted by atomic mass is 127. The summed E-state index contributed by atoms with van der Waals surface area (Å²) in [5, 5.41) is 5.78. The number of amides is 1. The maximum absolute atomic E-state index is 12.8. The summed E-state index contributed by atoms with van der Waals surface area (Å²) in [5.74, 6) is 0.192. The van der Waals surface area contributed by atoms with Gasteiger partial charge in [-0.2, -0.15) is 13.2 Å². The standard InChI is InChI=1S/C20H24F3N5O.HI/c1-24-19(26-13-15-6-5-7-16(12-15)20(21,22)23)27-14-18(29)28(2)11-9-17-8-3-4-10-25-17;/h3-8,10,12H,9,11,13-14H2,1-2H3,(H2,24,26,27);1H. The van der Waals surface area contributed by atoms with Gasteiger partial charge < -0.3 is 15.5 Å². The predicted octanol–water partition coefficient (Wildman–Crippen LogP) is 3.08. The van der Waals surface area contributed by atoms with Crippen LogP contribution in [0.15, 0.2) is 53.7 Å². The number of halogens is 4. The average molecular weight is 535 g/mol. The van der Waals surface area contributed by atoms with Crippen molar-refractivity contribution in [2.75, 3.05) is 27.2 Å². The third-order valence-electron chi connectivity index (χ3n) is 4.20. The van der Waals surface area contributed by atoms with Gasteiger partial charge in [0.1, 0.15) is 0 Å². The van der Waals surface area contributed by atoms with Gasteiger partial charge in [-0.15, -0.1) is 24.0 Å². The van der Waals surface area contributed by atoms with Crippen molar-refractivity contribution in [3.63, 3.8) is 0 Å². The van der Waals surface area contributed by atoms with E-state index in [2.05, 4.69) is 20.6 Å². The van der Waals surface area contributed by atoms with Crippen LogP contribution in [0.3, 0.4) is 0 Å². The Morgan fingerprint density at radius 2 is 1.93 bits per heavy atom. The van der Waals surface area contributed by atoms with Gasteiger partial charge in [0.25, 0.3) is 0 Å². The second-order valence-corrected chi connectivity index (χ2v) is 6.36. The van der Waals surface area contributed by atoms with Gasteiger partial charge in [-0.3, -0.25) is 14.8 Å². The molecule has 0 aliphatic heterocycles. The molecule has 1 amide bonds. The van der Waals surface area contributed by atoms with Gasteiger partial charge in [-0.1, -0.05) is 18.2 Å². The molecule has 30 heavy (non-hydrogen) atoms. The van der Waals surface area contributed by atoms with Crippen molar-refractivity contribution in [3.8, 4) is 0 Å². The van der Waals surface area contributed by atoms with Crippen molar-refractivity contribution in [2.24, 2.45) is 4.99 Å². The molecule has 0 radical (unpaired) electrons. The van der Waals surface area contributed by atoms with Gasteiger partial charge in [0.05, 0.1) is 12.1 Å². The summed E-state index contributed by atoms with van der Waals surface area (Å²) in [6.07, 6.45) is -2.04. The molecule has 6 nitrogen and oxygen atoms in total. The Balaban J connectivity index is 0.00000450. The van der Waals surface area contributed by atoms with Crippen molar-refractivity contribution in [1.82, 2.24) is 20.5 Å². The number of nitrogens with zero attached hydrogens (tertiary/aromatic N) is 3. The quantitative estimate of drug-likeness (QED) is 0.325. The van der Waals surface area contributed by atoms with Crippen molar-refractivity contribution in [2.45, 2.75) is 19.1 Å². The lowest BCUT2D eigenvalue weighted by Crippen LogP contribution is -2.43. The highest BCUT2D eigenvalue weighted by molar-refractivity contribution is 14.0. The number of aromatic nitrogens is 1. The Kier molecular flexibility index (Phi) is 10.6. The lowest BCUT2D eigenvalue weighted by Gasteiger charge is -2.18. The summed E-state index contributed by atoms with van der Waals surface area (Å²) in [6.45, 7) is 0.683. The Morgan fingerprint density at radius 3 is 2.57 bits per heavy atom. The van der Waals surface area contributed by atoms with Crippen LogP contribution in [0.5, 0.6) is 0 Å². The molecule has 1 aromatic carbocycles. The fourth-order valence-electron chi connectivity index (χ4n) is 2.51. The molecular weight excluding hydrogens is 510 g/mol. The fraction of sp³-hybridized carbons (Fsp3) is 0.350. The third-order valence-corrected chi connectivity index (χ3v) is 4.20. The van der Waals surface area contributed by atoms with Gasteiger partial charge in [-0.25, -0.2) is 0 Å². The van der Waals surface area contributed by atoms with Crippen LogP contribution in [0, 0.1) is 0 Å². The van der Waals surface area contributed by atoms with E-state index in [4.69, 9.17) is 0 Å². The maximum Gasteiger partial charge on any atom is 0.416 e. The average Bonchev–Trinajstić information content (AvgIpc) is 2.72. The number of nitrogens with one attached hydrogen (secondary N) is 2. The number of rotatable bonds is 7. The molecule has 2 rings (SSSR count). The van der Waals surface area contributed by atoms with Gasteiger partial charge >= 0.3 is 6.18 Å². The first-order valence-corrected chi connectivity index (χ1v) is 9.04. The summed E-state index contributed by atoms with van der Waals surface area (Å²) in [4.78, 5) is 22.0. The van der Waals surface area contributed by atoms with Crippen molar-refractivity contribution < 1.29 is 18.0 Å². The van der Waals surface area contributed by atoms with Crippen LogP contribution in [-0.4, -0.2) is 48.9 Å². The van der Waals surface area contributed by atoms with E-state index in [1.54, 1.807) is 24.2 Å². The molecule has 0 spiro atoms. The molecule has 164 valence electrons. The zero-order chi connectivity index (χ0) is 21.3. The molecule has 0 aliphatic rings. The molecule has 1 heterocycles. The van der Waals surface area contributed by atoms with E-state index in [0.717, 1.165) is 17.8 Å². The van der Waals surface area contributed by atoms with E-state index in [0.29, 0.717) is 24.5 Å². The van der Waals surface area contributed by atoms with Gasteiger partial charge in [-0.05, 0) is 29.8 Å². The third kappa shape index (κ3) is 8.56. The summed E-state index contributed by atoms with van der Waals surface area (Å²) >= 11 is 0. The largest absolute Gasteiger partial charge is 0.416 e. The summed E-state index contributed by atoms with van der Waals surface area (Å²) < 4.78 is 38.4. The smallest absolute Gasteiger partial charge is 0.352 e. The first-order chi connectivity index (χ1) is 13.8. The zero-order valence-corrected chi connectivity index (χ0v) is 19.1. The number of aliphatic imine (C=N–C) groups is 1. The van der Waals surface area contributed by atoms with Crippen LogP contribution >= 0.6 is 24.0 Å². The van der Waals surface area contributed by atoms with Crippen LogP contribution in [0.1, 0.15) is 16.8 Å². The van der Waals surface area contributed by atoms with Crippen molar-refractivity contribution in [3.05, 3.63) is 65.5 Å². The van der Waals surface area contributed by atoms with Crippen LogP contribution in [-0.2, 0) is 23.9 Å². The minimum absolute atomic E-state index is 0. The second-order valence-electron chi connectivity index (χ2n) is 6.36. The van der Waals surface area contributed by atoms with E-state index in [1.165, 1.54) is 13.1 Å². The van der Waals surface area contributed by atoms with Crippen LogP contribution in [0.25, 0.3) is 0 Å². The predicted molar refractivity (Wildman–Crippen MR) is 121 cm³/mol. The molecule has 2 aromatic rings. The Labute approximate surface area is 191 Å². The molecule has 0 atom stereocenters. The SMILES string of the molecule is CN=C(NCC(=O)N(C)CCc1ccccn1)NCc1cccc(C(F)(F)F)c1.I. The number of likely N-dealkylation sites (N-methyl/N-ethyl adjacent to an activating group) is 1. The van der Waals surface area contributed by atoms with E-state index >= 15 is 0 Å². The number of hydrogen-bond acceptors (Lipinski definition) is 3. The number of benzene rings is 1. The van der Waals surface area contributed by atoms with E-state index in [1.807, 2.05) is 18.2 Å². The van der Waals surface area contributed by atoms with E-state index in [-0.39, 0.29) is 43.0 Å². The number of carbonyl (C=O) groups is 1. The van der Waals surface area contributed by atoms with E-state index in [9.17, 15) is 18.0 Å². The van der Waals surface area contributed by atoms with Gasteiger partial charge in [0.15, 0.2) is 5.96 Å². The molecule has 0 saturated carbocycles. The normalized spacial score (nSPS) is 11.4. The molecule has 0 aliphatic carbocycles. The Bertz CT molecular complexity index is 831. The highest BCUT2D eigenvalue weighted by Crippen LogP contribution is 2.29. The number of alkyl halides is 3. The second kappa shape index (κ2) is 12.4. The lowest BCUT2D eigenvalue weighted by atomic mass is 10.1. The minimum atomic E-state index is -4.39. The Hall–Kier alpha value is -2.37. The van der Waals surface area contributed by atoms with Crippen LogP contribution in [0.2, 0.25) is 0 Å². The monoisotopic (exact) mass is 535 g/mol.